The van der Waals surface area contributed by atoms with Crippen LogP contribution >= 0.6 is 0 Å². The summed E-state index contributed by atoms with van der Waals surface area (Å²) in [5.74, 6) is 0.242. The lowest BCUT2D eigenvalue weighted by atomic mass is 9.98. The summed E-state index contributed by atoms with van der Waals surface area (Å²) in [4.78, 5) is 30.9. The summed E-state index contributed by atoms with van der Waals surface area (Å²) < 4.78 is 0. The zero-order valence-corrected chi connectivity index (χ0v) is 18.0. The summed E-state index contributed by atoms with van der Waals surface area (Å²) in [5, 5.41) is 9.20. The number of aromatic nitrogens is 1. The molecule has 0 radical (unpaired) electrons. The second-order valence-electron chi connectivity index (χ2n) is 7.74. The Bertz CT molecular complexity index is 1070. The third kappa shape index (κ3) is 5.06. The lowest BCUT2D eigenvalue weighted by molar-refractivity contribution is -0.118. The average Bonchev–Trinajstić information content (AvgIpc) is 3.03. The number of carbonyl (C=O) groups is 2. The monoisotopic (exact) mass is 429 g/mol. The van der Waals surface area contributed by atoms with Crippen LogP contribution in [0.2, 0.25) is 0 Å². The van der Waals surface area contributed by atoms with E-state index in [1.807, 2.05) is 60.4 Å². The minimum Gasteiger partial charge on any atom is -0.383 e. The molecule has 164 valence electrons. The van der Waals surface area contributed by atoms with Crippen molar-refractivity contribution >= 4 is 29.0 Å². The maximum atomic E-state index is 12.8. The van der Waals surface area contributed by atoms with Crippen molar-refractivity contribution in [2.24, 2.45) is 0 Å². The number of carbonyl (C=O) groups excluding carboxylic acids is 2. The highest BCUT2D eigenvalue weighted by molar-refractivity contribution is 5.98. The molecule has 0 bridgehead atoms. The van der Waals surface area contributed by atoms with Crippen LogP contribution in [0.4, 0.5) is 21.9 Å². The molecule has 0 saturated carbocycles. The summed E-state index contributed by atoms with van der Waals surface area (Å²) in [6.45, 7) is 3.59. The highest BCUT2D eigenvalue weighted by atomic mass is 16.2. The van der Waals surface area contributed by atoms with Gasteiger partial charge in [-0.15, -0.1) is 0 Å². The second kappa shape index (κ2) is 9.96. The first-order chi connectivity index (χ1) is 15.6. The first-order valence-electron chi connectivity index (χ1n) is 10.8. The van der Waals surface area contributed by atoms with Crippen LogP contribution in [0.15, 0.2) is 73.1 Å². The van der Waals surface area contributed by atoms with Gasteiger partial charge in [-0.25, -0.2) is 4.79 Å². The van der Waals surface area contributed by atoms with Gasteiger partial charge in [-0.3, -0.25) is 9.78 Å². The number of hydrogen-bond donors (Lipinski definition) is 3. The molecule has 4 rings (SSSR count). The Labute approximate surface area is 187 Å². The molecule has 3 N–H and O–H groups in total. The summed E-state index contributed by atoms with van der Waals surface area (Å²) in [7, 11) is 0. The zero-order chi connectivity index (χ0) is 22.3. The average molecular weight is 430 g/mol. The molecule has 1 atom stereocenters. The molecule has 1 unspecified atom stereocenters. The maximum absolute atomic E-state index is 12.8. The number of fused-ring (bicyclic) bond motifs is 1. The summed E-state index contributed by atoms with van der Waals surface area (Å²) in [5.41, 5.74) is 4.48. The number of nitrogens with zero attached hydrogens (tertiary/aromatic N) is 2. The van der Waals surface area contributed by atoms with Gasteiger partial charge >= 0.3 is 6.03 Å². The molecule has 0 spiro atoms. The van der Waals surface area contributed by atoms with E-state index in [0.29, 0.717) is 31.7 Å². The van der Waals surface area contributed by atoms with Crippen LogP contribution in [0.3, 0.4) is 0 Å². The predicted molar refractivity (Wildman–Crippen MR) is 127 cm³/mol. The number of nitrogens with one attached hydrogen (secondary N) is 3. The molecule has 0 fully saturated rings. The number of amides is 3. The van der Waals surface area contributed by atoms with Crippen molar-refractivity contribution in [3.05, 3.63) is 84.2 Å². The number of hydrogen-bond acceptors (Lipinski definition) is 4. The molecule has 0 aliphatic carbocycles. The van der Waals surface area contributed by atoms with Crippen LogP contribution in [-0.2, 0) is 11.3 Å². The Morgan fingerprint density at radius 1 is 1.09 bits per heavy atom. The predicted octanol–water partition coefficient (Wildman–Crippen LogP) is 4.36. The van der Waals surface area contributed by atoms with Crippen LogP contribution in [-0.4, -0.2) is 30.0 Å². The van der Waals surface area contributed by atoms with Crippen molar-refractivity contribution in [3.8, 4) is 0 Å². The smallest absolute Gasteiger partial charge is 0.319 e. The van der Waals surface area contributed by atoms with Crippen LogP contribution in [0.1, 0.15) is 30.4 Å². The van der Waals surface area contributed by atoms with Crippen molar-refractivity contribution in [1.29, 1.82) is 0 Å². The third-order valence-electron chi connectivity index (χ3n) is 5.56. The summed E-state index contributed by atoms with van der Waals surface area (Å²) in [6.07, 6.45) is 3.82. The highest BCUT2D eigenvalue weighted by Crippen LogP contribution is 2.35. The Kier molecular flexibility index (Phi) is 6.65. The number of anilines is 3. The zero-order valence-electron chi connectivity index (χ0n) is 18.0. The molecule has 2 heterocycles. The van der Waals surface area contributed by atoms with E-state index >= 15 is 0 Å². The minimum atomic E-state index is -0.293. The number of benzene rings is 2. The van der Waals surface area contributed by atoms with Gasteiger partial charge in [0.25, 0.3) is 0 Å². The second-order valence-corrected chi connectivity index (χ2v) is 7.74. The Balaban J connectivity index is 1.50. The van der Waals surface area contributed by atoms with Gasteiger partial charge in [0, 0.05) is 50.1 Å². The van der Waals surface area contributed by atoms with Crippen molar-refractivity contribution in [1.82, 2.24) is 10.3 Å². The summed E-state index contributed by atoms with van der Waals surface area (Å²) >= 11 is 0. The molecule has 3 amide bonds. The molecule has 0 saturated heterocycles. The van der Waals surface area contributed by atoms with Crippen molar-refractivity contribution < 1.29 is 9.59 Å². The Morgan fingerprint density at radius 3 is 2.62 bits per heavy atom. The molecule has 1 aliphatic heterocycles. The van der Waals surface area contributed by atoms with E-state index in [1.54, 1.807) is 12.4 Å². The van der Waals surface area contributed by atoms with Crippen LogP contribution < -0.4 is 20.9 Å². The fourth-order valence-corrected chi connectivity index (χ4v) is 3.84. The molecular formula is C25H27N5O2. The molecule has 7 heteroatoms. The van der Waals surface area contributed by atoms with Crippen LogP contribution in [0.25, 0.3) is 0 Å². The van der Waals surface area contributed by atoms with Gasteiger partial charge in [-0.05, 0) is 41.5 Å². The van der Waals surface area contributed by atoms with Gasteiger partial charge in [0.15, 0.2) is 0 Å². The topological polar surface area (TPSA) is 86.4 Å². The Morgan fingerprint density at radius 2 is 1.88 bits per heavy atom. The van der Waals surface area contributed by atoms with E-state index < -0.39 is 0 Å². The normalized spacial score (nSPS) is 15.2. The minimum absolute atomic E-state index is 0.0756. The first kappa shape index (κ1) is 21.4. The van der Waals surface area contributed by atoms with E-state index in [0.717, 1.165) is 16.9 Å². The molecule has 1 aromatic heterocycles. The van der Waals surface area contributed by atoms with Gasteiger partial charge in [-0.1, -0.05) is 37.3 Å². The molecular weight excluding hydrogens is 402 g/mol. The molecule has 3 aromatic rings. The van der Waals surface area contributed by atoms with Gasteiger partial charge in [0.1, 0.15) is 0 Å². The van der Waals surface area contributed by atoms with Crippen LogP contribution in [0.5, 0.6) is 0 Å². The van der Waals surface area contributed by atoms with Crippen molar-refractivity contribution in [3.63, 3.8) is 0 Å². The maximum Gasteiger partial charge on any atom is 0.319 e. The number of urea groups is 1. The SMILES string of the molecule is CCC(=O)N1CC(c2ccccc2)CNc2cc(NC(=O)NCc3ccncc3)ccc21. The number of pyridine rings is 1. The highest BCUT2D eigenvalue weighted by Gasteiger charge is 2.26. The Hall–Kier alpha value is -3.87. The lowest BCUT2D eigenvalue weighted by Crippen LogP contribution is -2.34. The van der Waals surface area contributed by atoms with E-state index in [4.69, 9.17) is 0 Å². The number of rotatable bonds is 5. The van der Waals surface area contributed by atoms with Gasteiger partial charge in [-0.2, -0.15) is 0 Å². The third-order valence-corrected chi connectivity index (χ3v) is 5.56. The van der Waals surface area contributed by atoms with Crippen molar-refractivity contribution in [2.75, 3.05) is 28.6 Å². The van der Waals surface area contributed by atoms with Crippen LogP contribution in [0, 0.1) is 0 Å². The summed E-state index contributed by atoms with van der Waals surface area (Å²) in [6, 6.07) is 19.2. The standard InChI is InChI=1S/C25H27N5O2/c1-2-24(31)30-17-20(19-6-4-3-5-7-19)16-27-22-14-21(8-9-23(22)30)29-25(32)28-15-18-10-12-26-13-11-18/h3-14,20,27H,2,15-17H2,1H3,(H2,28,29,32). The largest absolute Gasteiger partial charge is 0.383 e. The molecule has 1 aliphatic rings. The van der Waals surface area contributed by atoms with Gasteiger partial charge < -0.3 is 20.9 Å². The van der Waals surface area contributed by atoms with Gasteiger partial charge in [0.2, 0.25) is 5.91 Å². The molecule has 32 heavy (non-hydrogen) atoms. The fourth-order valence-electron chi connectivity index (χ4n) is 3.84. The van der Waals surface area contributed by atoms with E-state index in [9.17, 15) is 9.59 Å². The van der Waals surface area contributed by atoms with E-state index in [1.165, 1.54) is 5.56 Å². The molecule has 2 aromatic carbocycles. The lowest BCUT2D eigenvalue weighted by Gasteiger charge is -2.25. The quantitative estimate of drug-likeness (QED) is 0.563. The fraction of sp³-hybridized carbons (Fsp3) is 0.240. The van der Waals surface area contributed by atoms with Gasteiger partial charge in [0.05, 0.1) is 11.4 Å². The van der Waals surface area contributed by atoms with E-state index in [-0.39, 0.29) is 17.9 Å². The first-order valence-corrected chi connectivity index (χ1v) is 10.8. The van der Waals surface area contributed by atoms with E-state index in [2.05, 4.69) is 33.1 Å². The van der Waals surface area contributed by atoms with Crippen molar-refractivity contribution in [2.45, 2.75) is 25.8 Å². The molecule has 7 nitrogen and oxygen atoms in total.